The highest BCUT2D eigenvalue weighted by molar-refractivity contribution is 5.34. The summed E-state index contributed by atoms with van der Waals surface area (Å²) in [6, 6.07) is 5.66. The molecule has 1 aromatic rings. The van der Waals surface area contributed by atoms with E-state index >= 15 is 0 Å². The van der Waals surface area contributed by atoms with Crippen molar-refractivity contribution in [2.45, 2.75) is 44.2 Å². The van der Waals surface area contributed by atoms with E-state index in [4.69, 9.17) is 5.73 Å². The minimum absolute atomic E-state index is 0.235. The fourth-order valence-corrected chi connectivity index (χ4v) is 3.20. The van der Waals surface area contributed by atoms with E-state index in [2.05, 4.69) is 6.92 Å². The molecule has 19 heavy (non-hydrogen) atoms. The number of hydrogen-bond donors (Lipinski definition) is 1. The average molecular weight is 271 g/mol. The summed E-state index contributed by atoms with van der Waals surface area (Å²) in [5.74, 6) is 0.614. The van der Waals surface area contributed by atoms with Gasteiger partial charge in [-0.25, -0.2) is 0 Å². The second kappa shape index (κ2) is 5.16. The van der Waals surface area contributed by atoms with Crippen molar-refractivity contribution in [3.05, 3.63) is 35.4 Å². The molecular formula is C15H20F3N. The highest BCUT2D eigenvalue weighted by atomic mass is 19.4. The zero-order valence-electron chi connectivity index (χ0n) is 11.1. The van der Waals surface area contributed by atoms with Gasteiger partial charge in [-0.15, -0.1) is 0 Å². The quantitative estimate of drug-likeness (QED) is 0.876. The minimum Gasteiger partial charge on any atom is -0.330 e. The average Bonchev–Trinajstić information content (AvgIpc) is 2.32. The summed E-state index contributed by atoms with van der Waals surface area (Å²) in [5, 5.41) is 0. The number of alkyl halides is 3. The van der Waals surface area contributed by atoms with E-state index in [-0.39, 0.29) is 5.41 Å². The Hall–Kier alpha value is -1.03. The summed E-state index contributed by atoms with van der Waals surface area (Å²) in [6.45, 7) is 2.56. The van der Waals surface area contributed by atoms with Crippen LogP contribution in [0.4, 0.5) is 13.2 Å². The summed E-state index contributed by atoms with van der Waals surface area (Å²) >= 11 is 0. The summed E-state index contributed by atoms with van der Waals surface area (Å²) in [7, 11) is 0. The molecule has 1 aromatic carbocycles. The molecule has 0 aliphatic heterocycles. The third-order valence-electron chi connectivity index (χ3n) is 4.25. The highest BCUT2D eigenvalue weighted by Gasteiger charge is 2.44. The lowest BCUT2D eigenvalue weighted by Gasteiger charge is -2.48. The van der Waals surface area contributed by atoms with Crippen LogP contribution in [0.5, 0.6) is 0 Å². The molecule has 1 aliphatic carbocycles. The van der Waals surface area contributed by atoms with Crippen molar-refractivity contribution in [2.24, 2.45) is 11.7 Å². The number of rotatable bonds is 4. The molecule has 0 atom stereocenters. The van der Waals surface area contributed by atoms with Crippen LogP contribution in [0.1, 0.15) is 43.7 Å². The molecule has 0 amide bonds. The molecule has 0 heterocycles. The summed E-state index contributed by atoms with van der Waals surface area (Å²) in [5.41, 5.74) is 5.78. The van der Waals surface area contributed by atoms with E-state index in [1.54, 1.807) is 6.07 Å². The van der Waals surface area contributed by atoms with Crippen LogP contribution in [0.2, 0.25) is 0 Å². The van der Waals surface area contributed by atoms with Gasteiger partial charge in [0, 0.05) is 12.0 Å². The van der Waals surface area contributed by atoms with Crippen LogP contribution >= 0.6 is 0 Å². The predicted molar refractivity (Wildman–Crippen MR) is 69.8 cm³/mol. The largest absolute Gasteiger partial charge is 0.416 e. The van der Waals surface area contributed by atoms with Crippen molar-refractivity contribution in [3.63, 3.8) is 0 Å². The van der Waals surface area contributed by atoms with Gasteiger partial charge < -0.3 is 5.73 Å². The Bertz CT molecular complexity index is 433. The first-order valence-electron chi connectivity index (χ1n) is 6.79. The van der Waals surface area contributed by atoms with Crippen LogP contribution < -0.4 is 5.73 Å². The fraction of sp³-hybridized carbons (Fsp3) is 0.600. The molecule has 0 saturated heterocycles. The van der Waals surface area contributed by atoms with E-state index in [0.29, 0.717) is 12.5 Å². The second-order valence-corrected chi connectivity index (χ2v) is 5.63. The summed E-state index contributed by atoms with van der Waals surface area (Å²) < 4.78 is 38.2. The van der Waals surface area contributed by atoms with Gasteiger partial charge >= 0.3 is 6.18 Å². The van der Waals surface area contributed by atoms with Gasteiger partial charge in [0.05, 0.1) is 5.56 Å². The normalized spacial score (nSPS) is 27.1. The lowest BCUT2D eigenvalue weighted by molar-refractivity contribution is -0.137. The molecule has 1 fully saturated rings. The van der Waals surface area contributed by atoms with Crippen molar-refractivity contribution >= 4 is 0 Å². The van der Waals surface area contributed by atoms with Gasteiger partial charge in [-0.1, -0.05) is 38.0 Å². The van der Waals surface area contributed by atoms with E-state index in [1.165, 1.54) is 12.1 Å². The first kappa shape index (κ1) is 14.4. The van der Waals surface area contributed by atoms with Crippen LogP contribution in [0.25, 0.3) is 0 Å². The Kier molecular flexibility index (Phi) is 3.90. The van der Waals surface area contributed by atoms with Crippen molar-refractivity contribution in [3.8, 4) is 0 Å². The van der Waals surface area contributed by atoms with Gasteiger partial charge in [0.1, 0.15) is 0 Å². The molecule has 2 N–H and O–H groups in total. The number of halogens is 3. The van der Waals surface area contributed by atoms with Crippen LogP contribution in [0, 0.1) is 5.92 Å². The smallest absolute Gasteiger partial charge is 0.330 e. The molecule has 1 aliphatic rings. The molecular weight excluding hydrogens is 251 g/mol. The van der Waals surface area contributed by atoms with E-state index in [9.17, 15) is 13.2 Å². The molecule has 4 heteroatoms. The molecule has 0 bridgehead atoms. The Morgan fingerprint density at radius 3 is 2.53 bits per heavy atom. The molecule has 0 aromatic heterocycles. The van der Waals surface area contributed by atoms with Gasteiger partial charge in [-0.3, -0.25) is 0 Å². The van der Waals surface area contributed by atoms with Gasteiger partial charge in [0.25, 0.3) is 0 Å². The third kappa shape index (κ3) is 2.78. The van der Waals surface area contributed by atoms with Crippen LogP contribution in [-0.4, -0.2) is 6.54 Å². The van der Waals surface area contributed by atoms with Crippen LogP contribution in [-0.2, 0) is 11.6 Å². The van der Waals surface area contributed by atoms with Crippen LogP contribution in [0.3, 0.4) is 0 Å². The zero-order chi connectivity index (χ0) is 14.1. The third-order valence-corrected chi connectivity index (χ3v) is 4.25. The maximum atomic E-state index is 12.7. The first-order valence-corrected chi connectivity index (χ1v) is 6.79. The zero-order valence-corrected chi connectivity index (χ0v) is 11.1. The number of hydrogen-bond acceptors (Lipinski definition) is 1. The molecule has 106 valence electrons. The summed E-state index contributed by atoms with van der Waals surface area (Å²) in [4.78, 5) is 0. The van der Waals surface area contributed by atoms with Crippen LogP contribution in [0.15, 0.2) is 24.3 Å². The molecule has 1 nitrogen and oxygen atoms in total. The minimum atomic E-state index is -4.28. The molecule has 0 unspecified atom stereocenters. The molecule has 2 rings (SSSR count). The lowest BCUT2D eigenvalue weighted by Crippen LogP contribution is -2.47. The fourth-order valence-electron chi connectivity index (χ4n) is 3.20. The number of benzene rings is 1. The van der Waals surface area contributed by atoms with Crippen molar-refractivity contribution in [1.29, 1.82) is 0 Å². The van der Waals surface area contributed by atoms with Gasteiger partial charge in [-0.05, 0) is 30.4 Å². The molecule has 1 saturated carbocycles. The van der Waals surface area contributed by atoms with E-state index in [0.717, 1.165) is 37.3 Å². The van der Waals surface area contributed by atoms with Crippen molar-refractivity contribution < 1.29 is 13.2 Å². The van der Waals surface area contributed by atoms with E-state index in [1.807, 2.05) is 0 Å². The van der Waals surface area contributed by atoms with E-state index < -0.39 is 11.7 Å². The molecule has 0 spiro atoms. The van der Waals surface area contributed by atoms with Gasteiger partial charge in [0.2, 0.25) is 0 Å². The highest BCUT2D eigenvalue weighted by Crippen LogP contribution is 2.49. The Morgan fingerprint density at radius 2 is 2.00 bits per heavy atom. The van der Waals surface area contributed by atoms with Gasteiger partial charge in [-0.2, -0.15) is 13.2 Å². The number of nitrogens with two attached hydrogens (primary N) is 1. The molecule has 0 radical (unpaired) electrons. The SMILES string of the molecule is CCCC1CC(CN)(c2cccc(C(F)(F)F)c2)C1. The predicted octanol–water partition coefficient (Wildman–Crippen LogP) is 4.11. The Morgan fingerprint density at radius 1 is 1.32 bits per heavy atom. The Balaban J connectivity index is 2.21. The van der Waals surface area contributed by atoms with Crippen molar-refractivity contribution in [2.75, 3.05) is 6.54 Å². The standard InChI is InChI=1S/C15H20F3N/c1-2-4-11-8-14(9-11,10-19)12-5-3-6-13(7-12)15(16,17)18/h3,5-7,11H,2,4,8-10,19H2,1H3. The maximum absolute atomic E-state index is 12.7. The van der Waals surface area contributed by atoms with Crippen molar-refractivity contribution in [1.82, 2.24) is 0 Å². The second-order valence-electron chi connectivity index (χ2n) is 5.63. The summed E-state index contributed by atoms with van der Waals surface area (Å²) in [6.07, 6.45) is -0.190. The first-order chi connectivity index (χ1) is 8.91. The lowest BCUT2D eigenvalue weighted by atomic mass is 9.57. The van der Waals surface area contributed by atoms with Gasteiger partial charge in [0.15, 0.2) is 0 Å². The monoisotopic (exact) mass is 271 g/mol. The Labute approximate surface area is 112 Å². The maximum Gasteiger partial charge on any atom is 0.416 e. The topological polar surface area (TPSA) is 26.0 Å².